The van der Waals surface area contributed by atoms with Crippen LogP contribution in [-0.2, 0) is 17.8 Å². The second kappa shape index (κ2) is 5.87. The number of hydrogen-bond donors (Lipinski definition) is 2. The molecular weight excluding hydrogens is 332 g/mol. The number of hydrogen-bond acceptors (Lipinski definition) is 3. The molecule has 4 nitrogen and oxygen atoms in total. The largest absolute Gasteiger partial charge is 0.457 e. The van der Waals surface area contributed by atoms with E-state index >= 15 is 0 Å². The summed E-state index contributed by atoms with van der Waals surface area (Å²) in [5, 5.41) is 2.86. The fourth-order valence-electron chi connectivity index (χ4n) is 2.38. The molecule has 2 aromatic rings. The number of nitrogens with one attached hydrogen (secondary N) is 1. The van der Waals surface area contributed by atoms with Gasteiger partial charge in [0.25, 0.3) is 0 Å². The lowest BCUT2D eigenvalue weighted by molar-refractivity contribution is -0.116. The highest BCUT2D eigenvalue weighted by Crippen LogP contribution is 2.33. The van der Waals surface area contributed by atoms with E-state index in [1.807, 2.05) is 36.4 Å². The number of rotatable bonds is 3. The van der Waals surface area contributed by atoms with E-state index in [1.54, 1.807) is 0 Å². The molecule has 3 N–H and O–H groups in total. The first-order valence-electron chi connectivity index (χ1n) is 6.75. The Hall–Kier alpha value is -1.85. The zero-order chi connectivity index (χ0) is 14.8. The lowest BCUT2D eigenvalue weighted by Gasteiger charge is -2.18. The number of nitrogens with two attached hydrogens (primary N) is 1. The molecule has 1 amide bonds. The number of aryl methyl sites for hydroxylation is 1. The third-order valence-corrected chi connectivity index (χ3v) is 4.22. The van der Waals surface area contributed by atoms with E-state index in [9.17, 15) is 4.79 Å². The molecule has 2 aromatic carbocycles. The minimum atomic E-state index is 0.0635. The van der Waals surface area contributed by atoms with Gasteiger partial charge in [-0.15, -0.1) is 0 Å². The Labute approximate surface area is 131 Å². The van der Waals surface area contributed by atoms with Crippen LogP contribution in [0.25, 0.3) is 0 Å². The van der Waals surface area contributed by atoms with Crippen molar-refractivity contribution < 1.29 is 9.53 Å². The van der Waals surface area contributed by atoms with Gasteiger partial charge in [-0.3, -0.25) is 4.79 Å². The minimum Gasteiger partial charge on any atom is -0.457 e. The van der Waals surface area contributed by atoms with Gasteiger partial charge in [-0.25, -0.2) is 0 Å². The van der Waals surface area contributed by atoms with Crippen LogP contribution < -0.4 is 15.8 Å². The smallest absolute Gasteiger partial charge is 0.224 e. The Morgan fingerprint density at radius 1 is 1.24 bits per heavy atom. The summed E-state index contributed by atoms with van der Waals surface area (Å²) in [6, 6.07) is 11.5. The van der Waals surface area contributed by atoms with Crippen LogP contribution in [0.2, 0.25) is 0 Å². The predicted molar refractivity (Wildman–Crippen MR) is 85.5 cm³/mol. The molecular formula is C16H15BrN2O2. The molecule has 5 heteroatoms. The standard InChI is InChI=1S/C16H15BrN2O2/c17-13-2-1-3-15(12(13)9-18)21-11-5-6-14-10(8-11)4-7-16(20)19-14/h1-3,5-6,8H,4,7,9,18H2,(H,19,20). The molecule has 0 aliphatic carbocycles. The molecule has 1 heterocycles. The second-order valence-corrected chi connectivity index (χ2v) is 5.74. The molecule has 0 radical (unpaired) electrons. The number of ether oxygens (including phenoxy) is 1. The van der Waals surface area contributed by atoms with Gasteiger partial charge in [-0.1, -0.05) is 22.0 Å². The van der Waals surface area contributed by atoms with Crippen molar-refractivity contribution in [1.29, 1.82) is 0 Å². The molecule has 21 heavy (non-hydrogen) atoms. The van der Waals surface area contributed by atoms with Crippen molar-refractivity contribution >= 4 is 27.5 Å². The number of benzene rings is 2. The summed E-state index contributed by atoms with van der Waals surface area (Å²) in [6.07, 6.45) is 1.25. The quantitative estimate of drug-likeness (QED) is 0.892. The van der Waals surface area contributed by atoms with Crippen molar-refractivity contribution in [3.8, 4) is 11.5 Å². The highest BCUT2D eigenvalue weighted by molar-refractivity contribution is 9.10. The molecule has 1 aliphatic rings. The lowest BCUT2D eigenvalue weighted by atomic mass is 10.0. The molecule has 1 aliphatic heterocycles. The van der Waals surface area contributed by atoms with Crippen molar-refractivity contribution in [2.75, 3.05) is 5.32 Å². The molecule has 0 atom stereocenters. The van der Waals surface area contributed by atoms with E-state index in [2.05, 4.69) is 21.2 Å². The Kier molecular flexibility index (Phi) is 3.94. The average molecular weight is 347 g/mol. The average Bonchev–Trinajstić information content (AvgIpc) is 2.48. The van der Waals surface area contributed by atoms with E-state index in [0.717, 1.165) is 39.2 Å². The van der Waals surface area contributed by atoms with Gasteiger partial charge < -0.3 is 15.8 Å². The normalized spacial score (nSPS) is 13.5. The summed E-state index contributed by atoms with van der Waals surface area (Å²) in [6.45, 7) is 0.401. The van der Waals surface area contributed by atoms with Crippen LogP contribution in [0.15, 0.2) is 40.9 Å². The van der Waals surface area contributed by atoms with Gasteiger partial charge in [0.2, 0.25) is 5.91 Å². The van der Waals surface area contributed by atoms with Gasteiger partial charge in [0, 0.05) is 28.7 Å². The van der Waals surface area contributed by atoms with E-state index in [-0.39, 0.29) is 5.91 Å². The highest BCUT2D eigenvalue weighted by Gasteiger charge is 2.15. The zero-order valence-electron chi connectivity index (χ0n) is 11.4. The SMILES string of the molecule is NCc1c(Br)cccc1Oc1ccc2c(c1)CCC(=O)N2. The Morgan fingerprint density at radius 3 is 2.90 bits per heavy atom. The van der Waals surface area contributed by atoms with Crippen LogP contribution in [0, 0.1) is 0 Å². The fourth-order valence-corrected chi connectivity index (χ4v) is 2.89. The molecule has 0 saturated carbocycles. The van der Waals surface area contributed by atoms with Crippen LogP contribution in [0.1, 0.15) is 17.5 Å². The summed E-state index contributed by atoms with van der Waals surface area (Å²) < 4.78 is 6.89. The highest BCUT2D eigenvalue weighted by atomic mass is 79.9. The number of anilines is 1. The number of halogens is 1. The van der Waals surface area contributed by atoms with E-state index in [1.165, 1.54) is 0 Å². The molecule has 0 saturated heterocycles. The van der Waals surface area contributed by atoms with E-state index in [0.29, 0.717) is 13.0 Å². The topological polar surface area (TPSA) is 64.3 Å². The van der Waals surface area contributed by atoms with Gasteiger partial charge in [0.05, 0.1) is 0 Å². The van der Waals surface area contributed by atoms with Crippen LogP contribution in [0.3, 0.4) is 0 Å². The first-order chi connectivity index (χ1) is 10.2. The molecule has 0 aromatic heterocycles. The summed E-state index contributed by atoms with van der Waals surface area (Å²) in [4.78, 5) is 11.4. The number of carbonyl (C=O) groups excluding carboxylic acids is 1. The van der Waals surface area contributed by atoms with E-state index in [4.69, 9.17) is 10.5 Å². The van der Waals surface area contributed by atoms with E-state index < -0.39 is 0 Å². The summed E-state index contributed by atoms with van der Waals surface area (Å²) in [5.74, 6) is 1.55. The van der Waals surface area contributed by atoms with Crippen LogP contribution in [0.5, 0.6) is 11.5 Å². The van der Waals surface area contributed by atoms with Gasteiger partial charge in [0.1, 0.15) is 11.5 Å². The van der Waals surface area contributed by atoms with Crippen molar-refractivity contribution in [2.24, 2.45) is 5.73 Å². The Bertz CT molecular complexity index is 701. The fraction of sp³-hybridized carbons (Fsp3) is 0.188. The number of carbonyl (C=O) groups is 1. The molecule has 0 unspecified atom stereocenters. The summed E-state index contributed by atoms with van der Waals surface area (Å²) in [7, 11) is 0. The maximum Gasteiger partial charge on any atom is 0.224 e. The van der Waals surface area contributed by atoms with Crippen molar-refractivity contribution in [3.05, 3.63) is 52.0 Å². The molecule has 108 valence electrons. The van der Waals surface area contributed by atoms with Crippen molar-refractivity contribution in [2.45, 2.75) is 19.4 Å². The monoisotopic (exact) mass is 346 g/mol. The minimum absolute atomic E-state index is 0.0635. The third kappa shape index (κ3) is 2.94. The Balaban J connectivity index is 1.89. The van der Waals surface area contributed by atoms with Gasteiger partial charge >= 0.3 is 0 Å². The Morgan fingerprint density at radius 2 is 2.10 bits per heavy atom. The van der Waals surface area contributed by atoms with Gasteiger partial charge in [-0.2, -0.15) is 0 Å². The zero-order valence-corrected chi connectivity index (χ0v) is 12.9. The van der Waals surface area contributed by atoms with Crippen molar-refractivity contribution in [3.63, 3.8) is 0 Å². The molecule has 0 fully saturated rings. The first kappa shape index (κ1) is 14.1. The molecule has 0 bridgehead atoms. The molecule has 0 spiro atoms. The summed E-state index contributed by atoms with van der Waals surface area (Å²) in [5.41, 5.74) is 8.67. The third-order valence-electron chi connectivity index (χ3n) is 3.48. The van der Waals surface area contributed by atoms with Crippen molar-refractivity contribution in [1.82, 2.24) is 0 Å². The number of amides is 1. The van der Waals surface area contributed by atoms with Gasteiger partial charge in [-0.05, 0) is 42.3 Å². The van der Waals surface area contributed by atoms with Crippen LogP contribution in [0.4, 0.5) is 5.69 Å². The predicted octanol–water partition coefficient (Wildman–Crippen LogP) is 3.58. The first-order valence-corrected chi connectivity index (χ1v) is 7.55. The maximum absolute atomic E-state index is 11.4. The number of fused-ring (bicyclic) bond motifs is 1. The van der Waals surface area contributed by atoms with Crippen LogP contribution >= 0.6 is 15.9 Å². The second-order valence-electron chi connectivity index (χ2n) is 4.89. The summed E-state index contributed by atoms with van der Waals surface area (Å²) >= 11 is 3.48. The van der Waals surface area contributed by atoms with Gasteiger partial charge in [0.15, 0.2) is 0 Å². The lowest BCUT2D eigenvalue weighted by Crippen LogP contribution is -2.18. The maximum atomic E-state index is 11.4. The molecule has 3 rings (SSSR count). The van der Waals surface area contributed by atoms with Crippen LogP contribution in [-0.4, -0.2) is 5.91 Å².